The van der Waals surface area contributed by atoms with Gasteiger partial charge < -0.3 is 15.0 Å². The second kappa shape index (κ2) is 9.06. The molecule has 1 fully saturated rings. The zero-order valence-corrected chi connectivity index (χ0v) is 17.7. The number of rotatable bonds is 6. The number of nitrogens with one attached hydrogen (secondary N) is 1. The number of hydrogen-bond donors (Lipinski definition) is 1. The van der Waals surface area contributed by atoms with Crippen LogP contribution in [0.15, 0.2) is 36.0 Å². The van der Waals surface area contributed by atoms with Gasteiger partial charge in [0.2, 0.25) is 0 Å². The molecule has 1 saturated heterocycles. The fourth-order valence-corrected chi connectivity index (χ4v) is 3.92. The number of anilines is 2. The van der Waals surface area contributed by atoms with Crippen molar-refractivity contribution in [3.8, 4) is 0 Å². The van der Waals surface area contributed by atoms with Crippen molar-refractivity contribution in [1.82, 2.24) is 24.6 Å². The van der Waals surface area contributed by atoms with Gasteiger partial charge in [0.05, 0.1) is 17.5 Å². The summed E-state index contributed by atoms with van der Waals surface area (Å²) in [5.74, 6) is -2.99. The molecule has 0 spiro atoms. The molecule has 164 valence electrons. The van der Waals surface area contributed by atoms with Gasteiger partial charge in [-0.15, -0.1) is 11.3 Å². The van der Waals surface area contributed by atoms with E-state index in [0.717, 1.165) is 12.5 Å². The monoisotopic (exact) mass is 448 g/mol. The maximum absolute atomic E-state index is 14.3. The zero-order valence-electron chi connectivity index (χ0n) is 16.9. The Morgan fingerprint density at radius 3 is 3.00 bits per heavy atom. The number of carbonyl (C=O) groups excluding carboxylic acids is 1. The van der Waals surface area contributed by atoms with E-state index < -0.39 is 12.5 Å². The maximum Gasteiger partial charge on any atom is 0.285 e. The lowest BCUT2D eigenvalue weighted by molar-refractivity contribution is 0.0337. The normalized spacial score (nSPS) is 15.5. The van der Waals surface area contributed by atoms with E-state index in [1.165, 1.54) is 41.3 Å². The van der Waals surface area contributed by atoms with Gasteiger partial charge in [0.15, 0.2) is 10.9 Å². The van der Waals surface area contributed by atoms with Crippen LogP contribution in [0.4, 0.5) is 19.7 Å². The van der Waals surface area contributed by atoms with Crippen LogP contribution >= 0.6 is 11.3 Å². The van der Waals surface area contributed by atoms with E-state index in [2.05, 4.69) is 20.4 Å². The summed E-state index contributed by atoms with van der Waals surface area (Å²) in [5.41, 5.74) is 0.582. The number of carbonyl (C=O) groups is 1. The van der Waals surface area contributed by atoms with E-state index in [0.29, 0.717) is 48.2 Å². The predicted molar refractivity (Wildman–Crippen MR) is 114 cm³/mol. The molecule has 1 aliphatic heterocycles. The van der Waals surface area contributed by atoms with Crippen molar-refractivity contribution in [3.05, 3.63) is 41.7 Å². The predicted octanol–water partition coefficient (Wildman–Crippen LogP) is 3.71. The maximum atomic E-state index is 14.3. The lowest BCUT2D eigenvalue weighted by Gasteiger charge is -2.19. The zero-order chi connectivity index (χ0) is 21.8. The minimum atomic E-state index is -3.10. The summed E-state index contributed by atoms with van der Waals surface area (Å²) < 4.78 is 35.3. The van der Waals surface area contributed by atoms with Crippen LogP contribution in [0.5, 0.6) is 0 Å². The Hall–Kier alpha value is -2.92. The van der Waals surface area contributed by atoms with Crippen LogP contribution in [-0.2, 0) is 11.3 Å². The van der Waals surface area contributed by atoms with Crippen molar-refractivity contribution in [2.45, 2.75) is 25.8 Å². The smallest absolute Gasteiger partial charge is 0.285 e. The second-order valence-corrected chi connectivity index (χ2v) is 7.97. The molecular formula is C20H22F2N6O2S. The van der Waals surface area contributed by atoms with E-state index >= 15 is 0 Å². The minimum Gasteiger partial charge on any atom is -0.380 e. The van der Waals surface area contributed by atoms with Crippen molar-refractivity contribution in [1.29, 1.82) is 0 Å². The van der Waals surface area contributed by atoms with Crippen LogP contribution in [-0.4, -0.2) is 62.8 Å². The number of alkyl halides is 2. The summed E-state index contributed by atoms with van der Waals surface area (Å²) >= 11 is 1.36. The lowest BCUT2D eigenvalue weighted by Crippen LogP contribution is -2.33. The van der Waals surface area contributed by atoms with E-state index in [4.69, 9.17) is 4.74 Å². The number of amides is 1. The molecule has 0 saturated carbocycles. The number of nitrogens with zero attached hydrogens (tertiary/aromatic N) is 5. The number of thiazole rings is 1. The molecule has 0 aromatic carbocycles. The Bertz CT molecular complexity index is 1070. The van der Waals surface area contributed by atoms with Crippen LogP contribution in [0.3, 0.4) is 0 Å². The Morgan fingerprint density at radius 1 is 1.35 bits per heavy atom. The lowest BCUT2D eigenvalue weighted by atomic mass is 10.2. The van der Waals surface area contributed by atoms with Gasteiger partial charge in [0, 0.05) is 37.5 Å². The van der Waals surface area contributed by atoms with Crippen LogP contribution in [0, 0.1) is 0 Å². The SMILES string of the molecule is C/C=C/C(F)(F)Cn1nc(Nc2nccs2)c2cnc(C(=O)N3CCCOCC3)cc21. The molecule has 1 N–H and O–H groups in total. The molecule has 0 atom stereocenters. The summed E-state index contributed by atoms with van der Waals surface area (Å²) in [6.45, 7) is 2.97. The van der Waals surface area contributed by atoms with Crippen molar-refractivity contribution >= 4 is 39.1 Å². The Labute approximate surface area is 181 Å². The molecule has 3 aromatic rings. The first-order valence-electron chi connectivity index (χ1n) is 9.88. The average Bonchev–Trinajstić information content (AvgIpc) is 3.26. The third-order valence-electron chi connectivity index (χ3n) is 4.79. The molecule has 0 aliphatic carbocycles. The van der Waals surface area contributed by atoms with Gasteiger partial charge in [0.25, 0.3) is 11.8 Å². The Morgan fingerprint density at radius 2 is 2.23 bits per heavy atom. The highest BCUT2D eigenvalue weighted by molar-refractivity contribution is 7.13. The molecule has 0 unspecified atom stereocenters. The van der Waals surface area contributed by atoms with Gasteiger partial charge in [0.1, 0.15) is 12.2 Å². The van der Waals surface area contributed by atoms with Gasteiger partial charge in [-0.05, 0) is 25.5 Å². The summed E-state index contributed by atoms with van der Waals surface area (Å²) in [5, 5.41) is 10.3. The Kier molecular flexibility index (Phi) is 6.23. The van der Waals surface area contributed by atoms with Crippen LogP contribution in [0.1, 0.15) is 23.8 Å². The molecule has 0 radical (unpaired) electrons. The largest absolute Gasteiger partial charge is 0.380 e. The Balaban J connectivity index is 1.72. The van der Waals surface area contributed by atoms with Crippen molar-refractivity contribution < 1.29 is 18.3 Å². The fourth-order valence-electron chi connectivity index (χ4n) is 3.39. The number of allylic oxidation sites excluding steroid dienone is 2. The van der Waals surface area contributed by atoms with Crippen LogP contribution in [0.2, 0.25) is 0 Å². The van der Waals surface area contributed by atoms with E-state index in [1.807, 2.05) is 0 Å². The molecule has 0 bridgehead atoms. The number of pyridine rings is 1. The number of ether oxygens (including phenoxy) is 1. The summed E-state index contributed by atoms with van der Waals surface area (Å²) in [6.07, 6.45) is 6.00. The van der Waals surface area contributed by atoms with Gasteiger partial charge in [-0.1, -0.05) is 6.08 Å². The standard InChI is InChI=1S/C20H22F2N6O2S/c1-2-4-20(21,22)13-28-16-11-15(18(29)27-6-3-8-30-9-7-27)24-12-14(16)17(26-28)25-19-23-5-10-31-19/h2,4-5,10-12H,3,6-9,13H2,1H3,(H,23,25,26)/b4-2+. The third-order valence-corrected chi connectivity index (χ3v) is 5.48. The van der Waals surface area contributed by atoms with Gasteiger partial charge in [-0.3, -0.25) is 14.5 Å². The summed E-state index contributed by atoms with van der Waals surface area (Å²) in [7, 11) is 0. The molecule has 8 nitrogen and oxygen atoms in total. The summed E-state index contributed by atoms with van der Waals surface area (Å²) in [6, 6.07) is 1.52. The first-order chi connectivity index (χ1) is 15.0. The first kappa shape index (κ1) is 21.3. The highest BCUT2D eigenvalue weighted by atomic mass is 32.1. The van der Waals surface area contributed by atoms with Gasteiger partial charge >= 0.3 is 0 Å². The molecule has 11 heteroatoms. The quantitative estimate of drug-likeness (QED) is 0.579. The van der Waals surface area contributed by atoms with E-state index in [-0.39, 0.29) is 11.6 Å². The summed E-state index contributed by atoms with van der Waals surface area (Å²) in [4.78, 5) is 23.1. The highest BCUT2D eigenvalue weighted by Crippen LogP contribution is 2.29. The van der Waals surface area contributed by atoms with Crippen LogP contribution < -0.4 is 5.32 Å². The first-order valence-corrected chi connectivity index (χ1v) is 10.8. The van der Waals surface area contributed by atoms with Gasteiger partial charge in [-0.2, -0.15) is 13.9 Å². The molecule has 1 amide bonds. The number of halogens is 2. The fraction of sp³-hybridized carbons (Fsp3) is 0.400. The third kappa shape index (κ3) is 4.88. The molecule has 4 heterocycles. The topological polar surface area (TPSA) is 85.2 Å². The van der Waals surface area contributed by atoms with E-state index in [9.17, 15) is 13.6 Å². The molecule has 4 rings (SSSR count). The highest BCUT2D eigenvalue weighted by Gasteiger charge is 2.28. The van der Waals surface area contributed by atoms with Crippen molar-refractivity contribution in [2.75, 3.05) is 31.6 Å². The van der Waals surface area contributed by atoms with Crippen LogP contribution in [0.25, 0.3) is 10.9 Å². The molecule has 31 heavy (non-hydrogen) atoms. The second-order valence-electron chi connectivity index (χ2n) is 7.07. The number of hydrogen-bond acceptors (Lipinski definition) is 7. The van der Waals surface area contributed by atoms with Crippen molar-refractivity contribution in [2.24, 2.45) is 0 Å². The van der Waals surface area contributed by atoms with E-state index in [1.54, 1.807) is 16.5 Å². The number of fused-ring (bicyclic) bond motifs is 1. The molecular weight excluding hydrogens is 426 g/mol. The molecule has 3 aromatic heterocycles. The minimum absolute atomic E-state index is 0.186. The molecule has 1 aliphatic rings. The average molecular weight is 448 g/mol. The van der Waals surface area contributed by atoms with Crippen molar-refractivity contribution in [3.63, 3.8) is 0 Å². The number of aromatic nitrogens is 4. The van der Waals surface area contributed by atoms with Gasteiger partial charge in [-0.25, -0.2) is 4.98 Å².